The van der Waals surface area contributed by atoms with Crippen LogP contribution in [0.5, 0.6) is 11.5 Å². The molecule has 6 heteroatoms. The van der Waals surface area contributed by atoms with E-state index in [0.29, 0.717) is 5.56 Å². The summed E-state index contributed by atoms with van der Waals surface area (Å²) in [5, 5.41) is 29.1. The predicted octanol–water partition coefficient (Wildman–Crippen LogP) is 1.78. The Bertz CT molecular complexity index is 410. The normalized spacial score (nSPS) is 16.5. The maximum absolute atomic E-state index is 9.84. The highest BCUT2D eigenvalue weighted by Crippen LogP contribution is 2.44. The fourth-order valence-electron chi connectivity index (χ4n) is 1.62. The summed E-state index contributed by atoms with van der Waals surface area (Å²) in [6.45, 7) is 1.56. The van der Waals surface area contributed by atoms with Gasteiger partial charge in [0.1, 0.15) is 0 Å². The summed E-state index contributed by atoms with van der Waals surface area (Å²) in [6, 6.07) is 2.74. The first kappa shape index (κ1) is 14.4. The van der Waals surface area contributed by atoms with Crippen molar-refractivity contribution in [3.8, 4) is 11.5 Å². The minimum absolute atomic E-state index is 0.00978. The van der Waals surface area contributed by atoms with Crippen LogP contribution < -0.4 is 5.73 Å². The molecule has 96 valence electrons. The van der Waals surface area contributed by atoms with E-state index in [1.807, 2.05) is 0 Å². The standard InChI is InChI=1S/C11H15Cl2NO3/c1-11(13,5-12)9-6(8(16)4-14)2-3-7(15)10(9)17/h2-3,8,15-17H,4-5,14H2,1H3/t8-,11?/m1/s1. The van der Waals surface area contributed by atoms with Crippen LogP contribution in [0.2, 0.25) is 0 Å². The summed E-state index contributed by atoms with van der Waals surface area (Å²) in [7, 11) is 0. The topological polar surface area (TPSA) is 86.7 Å². The van der Waals surface area contributed by atoms with Gasteiger partial charge < -0.3 is 21.1 Å². The minimum Gasteiger partial charge on any atom is -0.504 e. The van der Waals surface area contributed by atoms with Crippen LogP contribution >= 0.6 is 23.2 Å². The lowest BCUT2D eigenvalue weighted by Crippen LogP contribution is -2.22. The Labute approximate surface area is 110 Å². The zero-order valence-corrected chi connectivity index (χ0v) is 10.8. The Kier molecular flexibility index (Phi) is 4.49. The molecule has 2 atom stereocenters. The fraction of sp³-hybridized carbons (Fsp3) is 0.455. The second-order valence-corrected chi connectivity index (χ2v) is 5.08. The third kappa shape index (κ3) is 2.77. The molecule has 0 heterocycles. The van der Waals surface area contributed by atoms with Gasteiger partial charge in [-0.1, -0.05) is 6.07 Å². The van der Waals surface area contributed by atoms with Crippen LogP contribution in [-0.2, 0) is 4.87 Å². The van der Waals surface area contributed by atoms with E-state index in [-0.39, 0.29) is 29.5 Å². The molecule has 0 spiro atoms. The monoisotopic (exact) mass is 279 g/mol. The maximum atomic E-state index is 9.84. The Morgan fingerprint density at radius 2 is 2.00 bits per heavy atom. The van der Waals surface area contributed by atoms with Gasteiger partial charge in [-0.15, -0.1) is 23.2 Å². The molecule has 4 nitrogen and oxygen atoms in total. The molecule has 17 heavy (non-hydrogen) atoms. The van der Waals surface area contributed by atoms with Crippen molar-refractivity contribution in [2.24, 2.45) is 5.73 Å². The van der Waals surface area contributed by atoms with Gasteiger partial charge in [0.15, 0.2) is 11.5 Å². The van der Waals surface area contributed by atoms with Gasteiger partial charge in [0.25, 0.3) is 0 Å². The first-order valence-corrected chi connectivity index (χ1v) is 5.94. The molecule has 1 aromatic carbocycles. The number of aliphatic hydroxyl groups excluding tert-OH is 1. The molecule has 1 rings (SSSR count). The molecule has 0 aliphatic carbocycles. The number of phenolic OH excluding ortho intramolecular Hbond substituents is 2. The summed E-state index contributed by atoms with van der Waals surface area (Å²) in [5.41, 5.74) is 5.94. The van der Waals surface area contributed by atoms with Gasteiger partial charge in [-0.3, -0.25) is 0 Å². The molecule has 0 bridgehead atoms. The molecule has 1 aromatic rings. The van der Waals surface area contributed by atoms with E-state index >= 15 is 0 Å². The number of alkyl halides is 2. The smallest absolute Gasteiger partial charge is 0.162 e. The minimum atomic E-state index is -1.10. The summed E-state index contributed by atoms with van der Waals surface area (Å²) in [6.07, 6.45) is -0.974. The highest BCUT2D eigenvalue weighted by Gasteiger charge is 2.32. The van der Waals surface area contributed by atoms with Gasteiger partial charge in [0.2, 0.25) is 0 Å². The van der Waals surface area contributed by atoms with Crippen molar-refractivity contribution in [3.05, 3.63) is 23.3 Å². The second kappa shape index (κ2) is 5.31. The fourth-order valence-corrected chi connectivity index (χ4v) is 1.95. The lowest BCUT2D eigenvalue weighted by molar-refractivity contribution is 0.184. The molecular weight excluding hydrogens is 265 g/mol. The number of halogens is 2. The molecule has 0 aliphatic heterocycles. The van der Waals surface area contributed by atoms with Crippen LogP contribution in [0, 0.1) is 0 Å². The van der Waals surface area contributed by atoms with E-state index in [2.05, 4.69) is 0 Å². The number of hydrogen-bond donors (Lipinski definition) is 4. The molecule has 5 N–H and O–H groups in total. The van der Waals surface area contributed by atoms with Crippen molar-refractivity contribution in [1.82, 2.24) is 0 Å². The largest absolute Gasteiger partial charge is 0.504 e. The average Bonchev–Trinajstić information content (AvgIpc) is 2.31. The molecule has 0 saturated heterocycles. The second-order valence-electron chi connectivity index (χ2n) is 3.98. The van der Waals surface area contributed by atoms with E-state index in [1.165, 1.54) is 12.1 Å². The third-order valence-corrected chi connectivity index (χ3v) is 3.54. The van der Waals surface area contributed by atoms with Crippen LogP contribution in [0.25, 0.3) is 0 Å². The third-order valence-electron chi connectivity index (χ3n) is 2.54. The Morgan fingerprint density at radius 3 is 2.47 bits per heavy atom. The summed E-state index contributed by atoms with van der Waals surface area (Å²) < 4.78 is 0. The first-order valence-electron chi connectivity index (χ1n) is 5.03. The predicted molar refractivity (Wildman–Crippen MR) is 67.7 cm³/mol. The quantitative estimate of drug-likeness (QED) is 0.500. The van der Waals surface area contributed by atoms with Gasteiger partial charge in [-0.25, -0.2) is 0 Å². The van der Waals surface area contributed by atoms with Crippen LogP contribution in [0.4, 0.5) is 0 Å². The van der Waals surface area contributed by atoms with Crippen molar-refractivity contribution >= 4 is 23.2 Å². The molecule has 0 saturated carbocycles. The van der Waals surface area contributed by atoms with Crippen LogP contribution in [-0.4, -0.2) is 27.7 Å². The van der Waals surface area contributed by atoms with Crippen molar-refractivity contribution < 1.29 is 15.3 Å². The summed E-state index contributed by atoms with van der Waals surface area (Å²) >= 11 is 11.9. The molecule has 1 unspecified atom stereocenters. The van der Waals surface area contributed by atoms with Crippen molar-refractivity contribution in [3.63, 3.8) is 0 Å². The highest BCUT2D eigenvalue weighted by molar-refractivity contribution is 6.30. The molecule has 0 aromatic heterocycles. The number of hydrogen-bond acceptors (Lipinski definition) is 4. The maximum Gasteiger partial charge on any atom is 0.162 e. The molecule has 0 amide bonds. The van der Waals surface area contributed by atoms with E-state index < -0.39 is 11.0 Å². The number of nitrogens with two attached hydrogens (primary N) is 1. The Morgan fingerprint density at radius 1 is 1.41 bits per heavy atom. The van der Waals surface area contributed by atoms with Gasteiger partial charge in [-0.2, -0.15) is 0 Å². The van der Waals surface area contributed by atoms with E-state index in [9.17, 15) is 15.3 Å². The van der Waals surface area contributed by atoms with Crippen molar-refractivity contribution in [2.75, 3.05) is 12.4 Å². The van der Waals surface area contributed by atoms with E-state index in [4.69, 9.17) is 28.9 Å². The summed E-state index contributed by atoms with van der Waals surface area (Å²) in [4.78, 5) is -1.10. The number of benzene rings is 1. The zero-order valence-electron chi connectivity index (χ0n) is 9.32. The van der Waals surface area contributed by atoms with E-state index in [0.717, 1.165) is 0 Å². The van der Waals surface area contributed by atoms with Gasteiger partial charge in [-0.05, 0) is 18.6 Å². The van der Waals surface area contributed by atoms with E-state index in [1.54, 1.807) is 6.92 Å². The molecule has 0 aliphatic rings. The van der Waals surface area contributed by atoms with Crippen LogP contribution in [0.15, 0.2) is 12.1 Å². The number of aliphatic hydroxyl groups is 1. The zero-order chi connectivity index (χ0) is 13.2. The highest BCUT2D eigenvalue weighted by atomic mass is 35.5. The Hall–Kier alpha value is -0.680. The number of rotatable bonds is 4. The van der Waals surface area contributed by atoms with Crippen molar-refractivity contribution in [1.29, 1.82) is 0 Å². The lowest BCUT2D eigenvalue weighted by Gasteiger charge is -2.26. The first-order chi connectivity index (χ1) is 7.85. The van der Waals surface area contributed by atoms with Crippen molar-refractivity contribution in [2.45, 2.75) is 17.9 Å². The van der Waals surface area contributed by atoms with Gasteiger partial charge >= 0.3 is 0 Å². The molecule has 0 radical (unpaired) electrons. The van der Waals surface area contributed by atoms with Crippen LogP contribution in [0.3, 0.4) is 0 Å². The number of phenols is 2. The number of aromatic hydroxyl groups is 2. The van der Waals surface area contributed by atoms with Crippen LogP contribution in [0.1, 0.15) is 24.2 Å². The Balaban J connectivity index is 3.47. The molecular formula is C11H15Cl2NO3. The molecule has 0 fully saturated rings. The van der Waals surface area contributed by atoms with Gasteiger partial charge in [0.05, 0.1) is 11.0 Å². The summed E-state index contributed by atoms with van der Waals surface area (Å²) in [5.74, 6) is -0.686. The average molecular weight is 280 g/mol. The lowest BCUT2D eigenvalue weighted by atomic mass is 9.91. The van der Waals surface area contributed by atoms with Gasteiger partial charge in [0, 0.05) is 18.0 Å². The SMILES string of the molecule is CC(Cl)(CCl)c1c([C@H](O)CN)ccc(O)c1O.